The van der Waals surface area contributed by atoms with Gasteiger partial charge in [-0.1, -0.05) is 12.1 Å². The number of pyridine rings is 1. The molecule has 0 bridgehead atoms. The average molecular weight is 363 g/mol. The first-order valence-electron chi connectivity index (χ1n) is 9.66. The molecule has 0 saturated carbocycles. The van der Waals surface area contributed by atoms with Crippen molar-refractivity contribution in [2.45, 2.75) is 32.1 Å². The highest BCUT2D eigenvalue weighted by Gasteiger charge is 2.26. The number of nitrogens with zero attached hydrogens (tertiary/aromatic N) is 2. The molecular formula is C22H25N3O2. The number of rotatable bonds is 5. The molecular weight excluding hydrogens is 338 g/mol. The SMILES string of the molecule is CCOc1ccc(CC(=O)N2CCC[C@H](c3cc4ncccc4[nH]3)C2)cc1. The van der Waals surface area contributed by atoms with Crippen LogP contribution < -0.4 is 4.74 Å². The van der Waals surface area contributed by atoms with Gasteiger partial charge in [0.2, 0.25) is 5.91 Å². The highest BCUT2D eigenvalue weighted by atomic mass is 16.5. The van der Waals surface area contributed by atoms with Crippen LogP contribution in [0.5, 0.6) is 5.75 Å². The van der Waals surface area contributed by atoms with Crippen LogP contribution in [0, 0.1) is 0 Å². The van der Waals surface area contributed by atoms with Crippen LogP contribution in [-0.4, -0.2) is 40.5 Å². The van der Waals surface area contributed by atoms with Gasteiger partial charge < -0.3 is 14.6 Å². The number of benzene rings is 1. The number of likely N-dealkylation sites (tertiary alicyclic amines) is 1. The number of carbonyl (C=O) groups excluding carboxylic acids is 1. The summed E-state index contributed by atoms with van der Waals surface area (Å²) in [5.74, 6) is 1.38. The number of hydrogen-bond acceptors (Lipinski definition) is 3. The summed E-state index contributed by atoms with van der Waals surface area (Å²) in [4.78, 5) is 22.7. The Morgan fingerprint density at radius 1 is 1.30 bits per heavy atom. The lowest BCUT2D eigenvalue weighted by Crippen LogP contribution is -2.40. The summed E-state index contributed by atoms with van der Waals surface area (Å²) in [7, 11) is 0. The molecule has 0 spiro atoms. The van der Waals surface area contributed by atoms with Gasteiger partial charge in [-0.05, 0) is 55.7 Å². The van der Waals surface area contributed by atoms with E-state index in [0.29, 0.717) is 18.9 Å². The number of hydrogen-bond donors (Lipinski definition) is 1. The van der Waals surface area contributed by atoms with Crippen molar-refractivity contribution in [2.75, 3.05) is 19.7 Å². The highest BCUT2D eigenvalue weighted by molar-refractivity contribution is 5.79. The highest BCUT2D eigenvalue weighted by Crippen LogP contribution is 2.28. The van der Waals surface area contributed by atoms with E-state index < -0.39 is 0 Å². The normalized spacial score (nSPS) is 17.2. The molecule has 1 saturated heterocycles. The Balaban J connectivity index is 1.41. The zero-order valence-electron chi connectivity index (χ0n) is 15.6. The number of ether oxygens (including phenoxy) is 1. The molecule has 140 valence electrons. The van der Waals surface area contributed by atoms with Gasteiger partial charge >= 0.3 is 0 Å². The summed E-state index contributed by atoms with van der Waals surface area (Å²) in [6.45, 7) is 4.22. The van der Waals surface area contributed by atoms with E-state index in [4.69, 9.17) is 4.74 Å². The van der Waals surface area contributed by atoms with Gasteiger partial charge in [0.05, 0.1) is 24.1 Å². The van der Waals surface area contributed by atoms with Crippen LogP contribution in [0.3, 0.4) is 0 Å². The lowest BCUT2D eigenvalue weighted by Gasteiger charge is -2.32. The van der Waals surface area contributed by atoms with E-state index in [1.54, 1.807) is 0 Å². The molecule has 0 unspecified atom stereocenters. The quantitative estimate of drug-likeness (QED) is 0.748. The van der Waals surface area contributed by atoms with Crippen LogP contribution in [-0.2, 0) is 11.2 Å². The van der Waals surface area contributed by atoms with E-state index in [0.717, 1.165) is 48.3 Å². The van der Waals surface area contributed by atoms with Gasteiger partial charge in [0.1, 0.15) is 5.75 Å². The summed E-state index contributed by atoms with van der Waals surface area (Å²) in [6, 6.07) is 13.9. The van der Waals surface area contributed by atoms with Crippen molar-refractivity contribution in [1.82, 2.24) is 14.9 Å². The summed E-state index contributed by atoms with van der Waals surface area (Å²) in [5, 5.41) is 0. The lowest BCUT2D eigenvalue weighted by molar-refractivity contribution is -0.131. The summed E-state index contributed by atoms with van der Waals surface area (Å²) < 4.78 is 5.47. The second kappa shape index (κ2) is 7.82. The molecule has 0 radical (unpaired) electrons. The summed E-state index contributed by atoms with van der Waals surface area (Å²) in [6.07, 6.45) is 4.38. The molecule has 1 fully saturated rings. The molecule has 1 aromatic carbocycles. The number of fused-ring (bicyclic) bond motifs is 1. The molecule has 1 atom stereocenters. The second-order valence-electron chi connectivity index (χ2n) is 7.09. The molecule has 1 aliphatic rings. The molecule has 0 aliphatic carbocycles. The van der Waals surface area contributed by atoms with Gasteiger partial charge in [-0.2, -0.15) is 0 Å². The molecule has 5 nitrogen and oxygen atoms in total. The topological polar surface area (TPSA) is 58.2 Å². The van der Waals surface area contributed by atoms with Crippen molar-refractivity contribution in [3.05, 3.63) is 59.9 Å². The first-order chi connectivity index (χ1) is 13.2. The number of nitrogens with one attached hydrogen (secondary N) is 1. The van der Waals surface area contributed by atoms with Crippen molar-refractivity contribution in [3.63, 3.8) is 0 Å². The van der Waals surface area contributed by atoms with Crippen molar-refractivity contribution in [1.29, 1.82) is 0 Å². The van der Waals surface area contributed by atoms with Crippen LogP contribution in [0.25, 0.3) is 11.0 Å². The number of H-pyrrole nitrogens is 1. The zero-order valence-corrected chi connectivity index (χ0v) is 15.6. The maximum Gasteiger partial charge on any atom is 0.227 e. The van der Waals surface area contributed by atoms with E-state index >= 15 is 0 Å². The van der Waals surface area contributed by atoms with Crippen LogP contribution >= 0.6 is 0 Å². The smallest absolute Gasteiger partial charge is 0.227 e. The minimum atomic E-state index is 0.193. The fourth-order valence-corrected chi connectivity index (χ4v) is 3.81. The van der Waals surface area contributed by atoms with E-state index in [9.17, 15) is 4.79 Å². The minimum absolute atomic E-state index is 0.193. The van der Waals surface area contributed by atoms with E-state index in [2.05, 4.69) is 16.0 Å². The molecule has 1 aliphatic heterocycles. The molecule has 5 heteroatoms. The molecule has 2 aromatic heterocycles. The fourth-order valence-electron chi connectivity index (χ4n) is 3.81. The van der Waals surface area contributed by atoms with Gasteiger partial charge in [-0.3, -0.25) is 9.78 Å². The number of amides is 1. The maximum absolute atomic E-state index is 12.8. The third-order valence-electron chi connectivity index (χ3n) is 5.21. The Bertz CT molecular complexity index is 884. The predicted octanol–water partition coefficient (Wildman–Crippen LogP) is 3.91. The Kier molecular flexibility index (Phi) is 5.10. The average Bonchev–Trinajstić information content (AvgIpc) is 3.14. The van der Waals surface area contributed by atoms with E-state index in [1.165, 1.54) is 5.69 Å². The Labute approximate surface area is 159 Å². The number of aromatic amines is 1. The Morgan fingerprint density at radius 2 is 2.15 bits per heavy atom. The van der Waals surface area contributed by atoms with Gasteiger partial charge in [0.15, 0.2) is 0 Å². The zero-order chi connectivity index (χ0) is 18.6. The monoisotopic (exact) mass is 363 g/mol. The van der Waals surface area contributed by atoms with Gasteiger partial charge in [0.25, 0.3) is 0 Å². The number of aromatic nitrogens is 2. The summed E-state index contributed by atoms with van der Waals surface area (Å²) >= 11 is 0. The third kappa shape index (κ3) is 3.97. The Morgan fingerprint density at radius 3 is 2.93 bits per heavy atom. The van der Waals surface area contributed by atoms with Gasteiger partial charge in [-0.15, -0.1) is 0 Å². The maximum atomic E-state index is 12.8. The van der Waals surface area contributed by atoms with E-state index in [-0.39, 0.29) is 5.91 Å². The predicted molar refractivity (Wildman–Crippen MR) is 106 cm³/mol. The number of piperidine rings is 1. The largest absolute Gasteiger partial charge is 0.494 e. The Hall–Kier alpha value is -2.82. The molecule has 4 rings (SSSR count). The molecule has 3 heterocycles. The molecule has 1 amide bonds. The molecule has 3 aromatic rings. The first-order valence-corrected chi connectivity index (χ1v) is 9.66. The van der Waals surface area contributed by atoms with Crippen molar-refractivity contribution in [2.24, 2.45) is 0 Å². The van der Waals surface area contributed by atoms with Crippen molar-refractivity contribution < 1.29 is 9.53 Å². The molecule has 27 heavy (non-hydrogen) atoms. The van der Waals surface area contributed by atoms with Crippen LogP contribution in [0.2, 0.25) is 0 Å². The second-order valence-corrected chi connectivity index (χ2v) is 7.09. The first kappa shape index (κ1) is 17.6. The van der Waals surface area contributed by atoms with Crippen LogP contribution in [0.1, 0.15) is 36.9 Å². The number of carbonyl (C=O) groups is 1. The van der Waals surface area contributed by atoms with E-state index in [1.807, 2.05) is 54.4 Å². The van der Waals surface area contributed by atoms with Crippen molar-refractivity contribution >= 4 is 16.9 Å². The van der Waals surface area contributed by atoms with Crippen molar-refractivity contribution in [3.8, 4) is 5.75 Å². The standard InChI is InChI=1S/C22H25N3O2/c1-2-27-18-9-7-16(8-10-18)13-22(26)25-12-4-5-17(15-25)20-14-21-19(24-20)6-3-11-23-21/h3,6-11,14,17,24H,2,4-5,12-13,15H2,1H3/t17-/m0/s1. The third-order valence-corrected chi connectivity index (χ3v) is 5.21. The summed E-state index contributed by atoms with van der Waals surface area (Å²) in [5.41, 5.74) is 4.26. The molecule has 1 N–H and O–H groups in total. The van der Waals surface area contributed by atoms with Gasteiger partial charge in [0, 0.05) is 30.9 Å². The van der Waals surface area contributed by atoms with Crippen LogP contribution in [0.4, 0.5) is 0 Å². The lowest BCUT2D eigenvalue weighted by atomic mass is 9.94. The fraction of sp³-hybridized carbons (Fsp3) is 0.364. The minimum Gasteiger partial charge on any atom is -0.494 e. The van der Waals surface area contributed by atoms with Gasteiger partial charge in [-0.25, -0.2) is 0 Å². The van der Waals surface area contributed by atoms with Crippen LogP contribution in [0.15, 0.2) is 48.7 Å².